The molecule has 0 bridgehead atoms. The number of sulfone groups is 1. The maximum atomic E-state index is 11.7. The van der Waals surface area contributed by atoms with Crippen LogP contribution in [0.1, 0.15) is 6.92 Å². The standard InChI is InChI=1S/C11H10ClN2O2S/c1-3-13-14-7-10(17(2,15)16)8-5-4-6-9(12)11(8)14/h4-7H,1-2H3/q+1. The van der Waals surface area contributed by atoms with Crippen molar-refractivity contribution in [1.29, 1.82) is 0 Å². The first kappa shape index (κ1) is 12.0. The van der Waals surface area contributed by atoms with Crippen LogP contribution in [0.3, 0.4) is 0 Å². The van der Waals surface area contributed by atoms with Gasteiger partial charge in [0.1, 0.15) is 11.7 Å². The Bertz CT molecular complexity index is 751. The molecule has 88 valence electrons. The predicted octanol–water partition coefficient (Wildman–Crippen LogP) is 2.81. The average Bonchev–Trinajstić information content (AvgIpc) is 2.59. The van der Waals surface area contributed by atoms with Crippen LogP contribution in [-0.2, 0) is 9.84 Å². The Hall–Kier alpha value is -1.51. The Balaban J connectivity index is 2.98. The number of rotatable bonds is 1. The summed E-state index contributed by atoms with van der Waals surface area (Å²) in [5.41, 5.74) is 0.573. The first-order valence-corrected chi connectivity index (χ1v) is 7.09. The third-order valence-corrected chi connectivity index (χ3v) is 3.76. The zero-order valence-corrected chi connectivity index (χ0v) is 10.9. The van der Waals surface area contributed by atoms with Gasteiger partial charge in [0.05, 0.1) is 21.8 Å². The zero-order valence-electron chi connectivity index (χ0n) is 9.31. The van der Waals surface area contributed by atoms with Gasteiger partial charge in [0, 0.05) is 11.6 Å². The number of para-hydroxylation sites is 1. The van der Waals surface area contributed by atoms with Crippen molar-refractivity contribution in [2.24, 2.45) is 0 Å². The van der Waals surface area contributed by atoms with Crippen molar-refractivity contribution in [2.45, 2.75) is 11.8 Å². The lowest BCUT2D eigenvalue weighted by Crippen LogP contribution is -1.95. The molecule has 6 heteroatoms. The molecule has 0 saturated heterocycles. The molecule has 0 atom stereocenters. The van der Waals surface area contributed by atoms with Crippen molar-refractivity contribution in [3.63, 3.8) is 0 Å². The summed E-state index contributed by atoms with van der Waals surface area (Å²) in [5, 5.41) is 1.02. The van der Waals surface area contributed by atoms with Crippen molar-refractivity contribution in [3.8, 4) is 6.07 Å². The molecule has 0 N–H and O–H groups in total. The van der Waals surface area contributed by atoms with Crippen LogP contribution in [0.5, 0.6) is 0 Å². The monoisotopic (exact) mass is 269 g/mol. The quantitative estimate of drug-likeness (QED) is 0.799. The molecular formula is C11H10ClN2O2S+. The highest BCUT2D eigenvalue weighted by atomic mass is 35.5. The van der Waals surface area contributed by atoms with E-state index in [4.69, 9.17) is 11.6 Å². The Morgan fingerprint density at radius 2 is 2.12 bits per heavy atom. The number of fused-ring (bicyclic) bond motifs is 1. The molecule has 0 spiro atoms. The van der Waals surface area contributed by atoms with Gasteiger partial charge in [-0.05, 0) is 10.7 Å². The van der Waals surface area contributed by atoms with Crippen LogP contribution in [0.4, 0.5) is 0 Å². The largest absolute Gasteiger partial charge is 0.316 e. The van der Waals surface area contributed by atoms with E-state index in [2.05, 4.69) is 11.0 Å². The van der Waals surface area contributed by atoms with Crippen molar-refractivity contribution in [3.05, 3.63) is 34.4 Å². The van der Waals surface area contributed by atoms with Gasteiger partial charge in [0.25, 0.3) is 0 Å². The third kappa shape index (κ3) is 2.02. The zero-order chi connectivity index (χ0) is 12.6. The maximum absolute atomic E-state index is 11.7. The first-order valence-electron chi connectivity index (χ1n) is 4.82. The molecule has 1 aromatic heterocycles. The van der Waals surface area contributed by atoms with Gasteiger partial charge in [0.2, 0.25) is 0 Å². The molecule has 1 aromatic carbocycles. The highest BCUT2D eigenvalue weighted by Gasteiger charge is 2.21. The molecule has 0 amide bonds. The Morgan fingerprint density at radius 3 is 2.71 bits per heavy atom. The summed E-state index contributed by atoms with van der Waals surface area (Å²) in [5.74, 6) is 0. The van der Waals surface area contributed by atoms with Gasteiger partial charge >= 0.3 is 6.07 Å². The molecule has 1 heterocycles. The Morgan fingerprint density at radius 1 is 1.41 bits per heavy atom. The van der Waals surface area contributed by atoms with Crippen LogP contribution in [0.2, 0.25) is 5.02 Å². The van der Waals surface area contributed by atoms with Crippen LogP contribution in [-0.4, -0.2) is 19.3 Å². The summed E-state index contributed by atoms with van der Waals surface area (Å²) < 4.78 is 24.7. The number of benzene rings is 1. The van der Waals surface area contributed by atoms with Crippen molar-refractivity contribution < 1.29 is 8.42 Å². The van der Waals surface area contributed by atoms with Crippen molar-refractivity contribution in [1.82, 2.24) is 4.68 Å². The van der Waals surface area contributed by atoms with Crippen LogP contribution >= 0.6 is 11.6 Å². The lowest BCUT2D eigenvalue weighted by atomic mass is 10.2. The predicted molar refractivity (Wildman–Crippen MR) is 68.4 cm³/mol. The number of halogens is 1. The van der Waals surface area contributed by atoms with Crippen LogP contribution in [0, 0.1) is 6.07 Å². The SMILES string of the molecule is CC#[N+]n1cc(S(C)(=O)=O)c2cccc(Cl)c21. The molecule has 0 aliphatic rings. The van der Waals surface area contributed by atoms with Gasteiger partial charge in [-0.3, -0.25) is 0 Å². The molecular weight excluding hydrogens is 260 g/mol. The van der Waals surface area contributed by atoms with E-state index in [1.807, 2.05) is 0 Å². The fourth-order valence-electron chi connectivity index (χ4n) is 1.67. The molecule has 0 saturated carbocycles. The number of hydrogen-bond donors (Lipinski definition) is 0. The molecule has 4 nitrogen and oxygen atoms in total. The summed E-state index contributed by atoms with van der Waals surface area (Å²) in [6.07, 6.45) is 2.61. The van der Waals surface area contributed by atoms with Crippen LogP contribution in [0.15, 0.2) is 29.3 Å². The molecule has 0 radical (unpaired) electrons. The minimum atomic E-state index is -3.31. The number of nitrogens with zero attached hydrogens (tertiary/aromatic N) is 2. The molecule has 2 aromatic rings. The maximum Gasteiger partial charge on any atom is 0.316 e. The minimum Gasteiger partial charge on any atom is -0.224 e. The fourth-order valence-corrected chi connectivity index (χ4v) is 2.79. The smallest absolute Gasteiger partial charge is 0.224 e. The third-order valence-electron chi connectivity index (χ3n) is 2.33. The van der Waals surface area contributed by atoms with E-state index in [1.54, 1.807) is 25.1 Å². The van der Waals surface area contributed by atoms with Gasteiger partial charge < -0.3 is 0 Å². The summed E-state index contributed by atoms with van der Waals surface area (Å²) in [6, 6.07) is 7.71. The second-order valence-corrected chi connectivity index (χ2v) is 5.96. The van der Waals surface area contributed by atoms with Crippen molar-refractivity contribution in [2.75, 3.05) is 6.26 Å². The molecule has 2 rings (SSSR count). The molecule has 17 heavy (non-hydrogen) atoms. The summed E-state index contributed by atoms with van der Waals surface area (Å²) in [6.45, 7) is 1.63. The van der Waals surface area contributed by atoms with Gasteiger partial charge in [0.15, 0.2) is 9.84 Å². The summed E-state index contributed by atoms with van der Waals surface area (Å²) in [7, 11) is -3.31. The molecule has 0 aliphatic carbocycles. The average molecular weight is 270 g/mol. The normalized spacial score (nSPS) is 11.2. The number of aromatic nitrogens is 1. The van der Waals surface area contributed by atoms with Crippen LogP contribution in [0.25, 0.3) is 15.9 Å². The Labute approximate surface area is 104 Å². The van der Waals surface area contributed by atoms with E-state index in [0.717, 1.165) is 6.26 Å². The van der Waals surface area contributed by atoms with E-state index in [9.17, 15) is 8.42 Å². The topological polar surface area (TPSA) is 43.4 Å². The van der Waals surface area contributed by atoms with E-state index in [1.165, 1.54) is 10.9 Å². The minimum absolute atomic E-state index is 0.217. The number of hydrogen-bond acceptors (Lipinski definition) is 2. The summed E-state index contributed by atoms with van der Waals surface area (Å²) >= 11 is 6.06. The van der Waals surface area contributed by atoms with E-state index in [0.29, 0.717) is 15.9 Å². The van der Waals surface area contributed by atoms with Gasteiger partial charge in [-0.1, -0.05) is 23.7 Å². The fraction of sp³-hybridized carbons (Fsp3) is 0.182. The Kier molecular flexibility index (Phi) is 2.86. The van der Waals surface area contributed by atoms with E-state index in [-0.39, 0.29) is 4.90 Å². The molecule has 0 aliphatic heterocycles. The van der Waals surface area contributed by atoms with Gasteiger partial charge in [-0.25, -0.2) is 8.42 Å². The summed E-state index contributed by atoms with van der Waals surface area (Å²) in [4.78, 5) is 4.16. The lowest BCUT2D eigenvalue weighted by molar-refractivity contribution is 0.602. The van der Waals surface area contributed by atoms with Gasteiger partial charge in [-0.15, -0.1) is 0 Å². The van der Waals surface area contributed by atoms with Crippen LogP contribution < -0.4 is 0 Å². The van der Waals surface area contributed by atoms with Gasteiger partial charge in [-0.2, -0.15) is 0 Å². The molecule has 0 fully saturated rings. The highest BCUT2D eigenvalue weighted by molar-refractivity contribution is 7.91. The molecule has 0 unspecified atom stereocenters. The van der Waals surface area contributed by atoms with E-state index < -0.39 is 9.84 Å². The second kappa shape index (κ2) is 4.06. The van der Waals surface area contributed by atoms with E-state index >= 15 is 0 Å². The highest BCUT2D eigenvalue weighted by Crippen LogP contribution is 2.30. The first-order chi connectivity index (χ1) is 7.95. The lowest BCUT2D eigenvalue weighted by Gasteiger charge is -1.94. The second-order valence-electron chi connectivity index (χ2n) is 3.57. The van der Waals surface area contributed by atoms with Crippen molar-refractivity contribution >= 4 is 32.3 Å².